The molecule has 0 aromatic carbocycles. The molecule has 0 atom stereocenters. The Balaban J connectivity index is 1.60. The third-order valence-corrected chi connectivity index (χ3v) is 4.89. The number of aliphatic imine (C=N–C) groups is 1. The number of hydrogen-bond donors (Lipinski definition) is 1. The number of ether oxygens (including phenoxy) is 1. The van der Waals surface area contributed by atoms with E-state index in [1.54, 1.807) is 0 Å². The van der Waals surface area contributed by atoms with Crippen molar-refractivity contribution < 1.29 is 4.74 Å². The standard InChI is InChI=1S/C19H29N3O/c1-3-9-16(10-4-1)21-19(22-17-11-5-2-6-12-17)23-15-18-13-7-8-14-20-18/h7-8,13-14,16-17H,1-6,9-12,15H2,(H,21,22). The predicted octanol–water partition coefficient (Wildman–Crippen LogP) is 4.21. The van der Waals surface area contributed by atoms with E-state index in [4.69, 9.17) is 9.73 Å². The molecule has 4 nitrogen and oxygen atoms in total. The quantitative estimate of drug-likeness (QED) is 0.669. The van der Waals surface area contributed by atoms with Crippen molar-refractivity contribution in [2.75, 3.05) is 0 Å². The molecular formula is C19H29N3O. The van der Waals surface area contributed by atoms with E-state index in [-0.39, 0.29) is 0 Å². The largest absolute Gasteiger partial charge is 0.459 e. The zero-order valence-electron chi connectivity index (χ0n) is 14.0. The maximum Gasteiger partial charge on any atom is 0.285 e. The van der Waals surface area contributed by atoms with Crippen LogP contribution in [0.15, 0.2) is 29.4 Å². The molecule has 0 aliphatic heterocycles. The number of aromatic nitrogens is 1. The van der Waals surface area contributed by atoms with Crippen LogP contribution in [0.2, 0.25) is 0 Å². The molecule has 23 heavy (non-hydrogen) atoms. The highest BCUT2D eigenvalue weighted by Crippen LogP contribution is 2.21. The fourth-order valence-corrected chi connectivity index (χ4v) is 3.54. The van der Waals surface area contributed by atoms with Crippen LogP contribution in [-0.2, 0) is 11.3 Å². The van der Waals surface area contributed by atoms with Gasteiger partial charge >= 0.3 is 0 Å². The van der Waals surface area contributed by atoms with Crippen molar-refractivity contribution in [2.24, 2.45) is 4.99 Å². The Morgan fingerprint density at radius 3 is 2.48 bits per heavy atom. The third-order valence-electron chi connectivity index (χ3n) is 4.89. The zero-order chi connectivity index (χ0) is 15.7. The molecule has 4 heteroatoms. The fraction of sp³-hybridized carbons (Fsp3) is 0.684. The van der Waals surface area contributed by atoms with Crippen LogP contribution < -0.4 is 5.32 Å². The Hall–Kier alpha value is -1.58. The van der Waals surface area contributed by atoms with Gasteiger partial charge in [0.25, 0.3) is 6.02 Å². The van der Waals surface area contributed by atoms with E-state index in [2.05, 4.69) is 10.3 Å². The van der Waals surface area contributed by atoms with Crippen LogP contribution in [0.4, 0.5) is 0 Å². The highest BCUT2D eigenvalue weighted by molar-refractivity contribution is 5.74. The molecule has 0 amide bonds. The van der Waals surface area contributed by atoms with Crippen molar-refractivity contribution in [1.82, 2.24) is 10.3 Å². The summed E-state index contributed by atoms with van der Waals surface area (Å²) in [5.41, 5.74) is 0.953. The van der Waals surface area contributed by atoms with Crippen molar-refractivity contribution in [3.63, 3.8) is 0 Å². The minimum absolute atomic E-state index is 0.429. The second kappa shape index (κ2) is 8.90. The molecule has 1 aromatic heterocycles. The van der Waals surface area contributed by atoms with Crippen LogP contribution in [0.5, 0.6) is 0 Å². The van der Waals surface area contributed by atoms with Gasteiger partial charge in [0, 0.05) is 12.2 Å². The summed E-state index contributed by atoms with van der Waals surface area (Å²) < 4.78 is 6.01. The first-order valence-corrected chi connectivity index (χ1v) is 9.27. The predicted molar refractivity (Wildman–Crippen MR) is 93.3 cm³/mol. The molecule has 1 aromatic rings. The van der Waals surface area contributed by atoms with E-state index in [0.717, 1.165) is 11.7 Å². The molecule has 0 unspecified atom stereocenters. The molecule has 3 rings (SSSR count). The number of pyridine rings is 1. The molecular weight excluding hydrogens is 286 g/mol. The van der Waals surface area contributed by atoms with Gasteiger partial charge in [-0.1, -0.05) is 44.6 Å². The van der Waals surface area contributed by atoms with E-state index < -0.39 is 0 Å². The van der Waals surface area contributed by atoms with Gasteiger partial charge in [-0.2, -0.15) is 0 Å². The molecule has 1 heterocycles. The van der Waals surface area contributed by atoms with E-state index >= 15 is 0 Å². The van der Waals surface area contributed by atoms with Gasteiger partial charge in [0.15, 0.2) is 0 Å². The SMILES string of the molecule is c1ccc(COC(=NC2CCCCC2)NC2CCCCC2)nc1. The first-order valence-electron chi connectivity index (χ1n) is 9.27. The van der Waals surface area contributed by atoms with Crippen molar-refractivity contribution >= 4 is 6.02 Å². The number of nitrogens with zero attached hydrogens (tertiary/aromatic N) is 2. The monoisotopic (exact) mass is 315 g/mol. The number of rotatable bonds is 4. The second-order valence-corrected chi connectivity index (χ2v) is 6.82. The summed E-state index contributed by atoms with van der Waals surface area (Å²) in [7, 11) is 0. The summed E-state index contributed by atoms with van der Waals surface area (Å²) in [5, 5.41) is 3.57. The minimum Gasteiger partial charge on any atom is -0.459 e. The average Bonchev–Trinajstić information content (AvgIpc) is 2.62. The van der Waals surface area contributed by atoms with E-state index in [1.165, 1.54) is 64.2 Å². The molecule has 126 valence electrons. The van der Waals surface area contributed by atoms with Gasteiger partial charge in [-0.3, -0.25) is 4.98 Å². The summed E-state index contributed by atoms with van der Waals surface area (Å²) in [5.74, 6) is 0. The molecule has 2 fully saturated rings. The fourth-order valence-electron chi connectivity index (χ4n) is 3.54. The third kappa shape index (κ3) is 5.52. The van der Waals surface area contributed by atoms with E-state index in [9.17, 15) is 0 Å². The molecule has 2 aliphatic rings. The molecule has 0 spiro atoms. The van der Waals surface area contributed by atoms with E-state index in [0.29, 0.717) is 18.7 Å². The molecule has 2 saturated carbocycles. The lowest BCUT2D eigenvalue weighted by atomic mass is 9.95. The maximum atomic E-state index is 6.01. The summed E-state index contributed by atoms with van der Waals surface area (Å²) in [6.45, 7) is 0.492. The Kier molecular flexibility index (Phi) is 6.30. The Labute approximate surface area is 139 Å². The van der Waals surface area contributed by atoms with Gasteiger partial charge < -0.3 is 10.1 Å². The second-order valence-electron chi connectivity index (χ2n) is 6.82. The number of amidine groups is 1. The minimum atomic E-state index is 0.429. The lowest BCUT2D eigenvalue weighted by Gasteiger charge is -2.26. The Bertz CT molecular complexity index is 477. The maximum absolute atomic E-state index is 6.01. The van der Waals surface area contributed by atoms with Gasteiger partial charge in [-0.25, -0.2) is 4.99 Å². The van der Waals surface area contributed by atoms with Gasteiger partial charge in [0.2, 0.25) is 0 Å². The molecule has 0 bridgehead atoms. The molecule has 1 N–H and O–H groups in total. The van der Waals surface area contributed by atoms with Crippen LogP contribution >= 0.6 is 0 Å². The van der Waals surface area contributed by atoms with Gasteiger partial charge in [-0.15, -0.1) is 0 Å². The van der Waals surface area contributed by atoms with Gasteiger partial charge in [-0.05, 0) is 37.8 Å². The Morgan fingerprint density at radius 2 is 1.78 bits per heavy atom. The van der Waals surface area contributed by atoms with Crippen LogP contribution in [0.3, 0.4) is 0 Å². The number of nitrogens with one attached hydrogen (secondary N) is 1. The van der Waals surface area contributed by atoms with Gasteiger partial charge in [0.1, 0.15) is 6.61 Å². The number of hydrogen-bond acceptors (Lipinski definition) is 3. The van der Waals surface area contributed by atoms with Crippen molar-refractivity contribution in [1.29, 1.82) is 0 Å². The lowest BCUT2D eigenvalue weighted by molar-refractivity contribution is 0.254. The summed E-state index contributed by atoms with van der Waals surface area (Å²) >= 11 is 0. The molecule has 0 saturated heterocycles. The van der Waals surface area contributed by atoms with Crippen LogP contribution in [0.1, 0.15) is 69.9 Å². The summed E-state index contributed by atoms with van der Waals surface area (Å²) in [6.07, 6.45) is 14.6. The average molecular weight is 315 g/mol. The van der Waals surface area contributed by atoms with E-state index in [1.807, 2.05) is 24.4 Å². The normalized spacial score (nSPS) is 21.1. The van der Waals surface area contributed by atoms with Crippen LogP contribution in [0.25, 0.3) is 0 Å². The topological polar surface area (TPSA) is 46.5 Å². The van der Waals surface area contributed by atoms with Crippen molar-refractivity contribution in [3.05, 3.63) is 30.1 Å². The highest BCUT2D eigenvalue weighted by Gasteiger charge is 2.18. The Morgan fingerprint density at radius 1 is 1.04 bits per heavy atom. The van der Waals surface area contributed by atoms with Crippen LogP contribution in [-0.4, -0.2) is 23.1 Å². The zero-order valence-corrected chi connectivity index (χ0v) is 14.0. The lowest BCUT2D eigenvalue weighted by Crippen LogP contribution is -2.38. The van der Waals surface area contributed by atoms with Crippen molar-refractivity contribution in [2.45, 2.75) is 82.9 Å². The summed E-state index contributed by atoms with van der Waals surface area (Å²) in [6, 6.07) is 7.63. The first-order chi connectivity index (χ1) is 11.4. The smallest absolute Gasteiger partial charge is 0.285 e. The van der Waals surface area contributed by atoms with Gasteiger partial charge in [0.05, 0.1) is 11.7 Å². The summed E-state index contributed by atoms with van der Waals surface area (Å²) in [4.78, 5) is 9.24. The molecule has 0 radical (unpaired) electrons. The molecule has 2 aliphatic carbocycles. The first kappa shape index (κ1) is 16.3. The van der Waals surface area contributed by atoms with Crippen LogP contribution in [0, 0.1) is 0 Å². The van der Waals surface area contributed by atoms with Crippen molar-refractivity contribution in [3.8, 4) is 0 Å². The highest BCUT2D eigenvalue weighted by atomic mass is 16.5.